The molecule has 5 nitrogen and oxygen atoms in total. The Hall–Kier alpha value is -2.48. The Morgan fingerprint density at radius 3 is 2.46 bits per heavy atom. The van der Waals surface area contributed by atoms with Crippen LogP contribution in [0.2, 0.25) is 0 Å². The van der Waals surface area contributed by atoms with Gasteiger partial charge in [-0.25, -0.2) is 4.98 Å². The second kappa shape index (κ2) is 8.26. The number of hydrogen-bond donors (Lipinski definition) is 1. The number of furan rings is 1. The van der Waals surface area contributed by atoms with E-state index in [1.165, 1.54) is 12.5 Å². The number of aromatic nitrogens is 2. The van der Waals surface area contributed by atoms with Crippen molar-refractivity contribution in [2.45, 2.75) is 32.0 Å². The summed E-state index contributed by atoms with van der Waals surface area (Å²) in [5, 5.41) is 3.93. The van der Waals surface area contributed by atoms with Crippen LogP contribution < -0.4 is 10.2 Å². The molecule has 9 heteroatoms. The summed E-state index contributed by atoms with van der Waals surface area (Å²) in [7, 11) is 0. The van der Waals surface area contributed by atoms with Crippen molar-refractivity contribution in [3.8, 4) is 0 Å². The van der Waals surface area contributed by atoms with Crippen LogP contribution in [-0.4, -0.2) is 23.1 Å². The number of anilines is 2. The van der Waals surface area contributed by atoms with E-state index < -0.39 is 11.9 Å². The molecule has 0 aliphatic carbocycles. The number of fused-ring (bicyclic) bond motifs is 1. The van der Waals surface area contributed by atoms with Crippen molar-refractivity contribution in [2.75, 3.05) is 23.3 Å². The van der Waals surface area contributed by atoms with Crippen molar-refractivity contribution in [3.63, 3.8) is 0 Å². The molecule has 3 aromatic rings. The highest BCUT2D eigenvalue weighted by atomic mass is 35.5. The second-order valence-electron chi connectivity index (χ2n) is 6.55. The molecule has 0 bridgehead atoms. The molecule has 2 aromatic heterocycles. The topological polar surface area (TPSA) is 54.2 Å². The van der Waals surface area contributed by atoms with Gasteiger partial charge in [0.25, 0.3) is 0 Å². The number of alkyl halides is 3. The molecule has 0 amide bonds. The van der Waals surface area contributed by atoms with Gasteiger partial charge in [0.2, 0.25) is 11.7 Å². The van der Waals surface area contributed by atoms with Crippen molar-refractivity contribution in [3.05, 3.63) is 47.9 Å². The highest BCUT2D eigenvalue weighted by Crippen LogP contribution is 2.31. The van der Waals surface area contributed by atoms with E-state index in [1.54, 1.807) is 0 Å². The number of rotatable bonds is 4. The first-order valence-electron chi connectivity index (χ1n) is 8.92. The molecule has 3 heterocycles. The summed E-state index contributed by atoms with van der Waals surface area (Å²) in [6, 6.07) is 9.84. The van der Waals surface area contributed by atoms with Crippen LogP contribution in [0.25, 0.3) is 10.9 Å². The quantitative estimate of drug-likeness (QED) is 0.633. The van der Waals surface area contributed by atoms with Crippen LogP contribution in [0.1, 0.15) is 30.8 Å². The number of benzene rings is 1. The summed E-state index contributed by atoms with van der Waals surface area (Å²) < 4.78 is 43.0. The van der Waals surface area contributed by atoms with Crippen molar-refractivity contribution < 1.29 is 17.6 Å². The highest BCUT2D eigenvalue weighted by molar-refractivity contribution is 5.90. The SMILES string of the molecule is Cl.FC(F)(F)c1ccc(CNc2nc(N3CCCCC3)nc3ccccc23)o1. The Morgan fingerprint density at radius 2 is 1.75 bits per heavy atom. The van der Waals surface area contributed by atoms with Crippen molar-refractivity contribution in [1.82, 2.24) is 9.97 Å². The van der Waals surface area contributed by atoms with Crippen molar-refractivity contribution in [2.24, 2.45) is 0 Å². The first-order chi connectivity index (χ1) is 13.0. The van der Waals surface area contributed by atoms with E-state index in [1.807, 2.05) is 24.3 Å². The standard InChI is InChI=1S/C19H19F3N4O.ClH/c20-19(21,22)16-9-8-13(27-16)12-23-17-14-6-2-3-7-15(14)24-18(25-17)26-10-4-1-5-11-26;/h2-3,6-9H,1,4-5,10-12H2,(H,23,24,25);1H. The van der Waals surface area contributed by atoms with E-state index in [4.69, 9.17) is 4.42 Å². The fraction of sp³-hybridized carbons (Fsp3) is 0.368. The van der Waals surface area contributed by atoms with Gasteiger partial charge in [-0.05, 0) is 43.5 Å². The Morgan fingerprint density at radius 1 is 1.00 bits per heavy atom. The molecule has 0 spiro atoms. The van der Waals surface area contributed by atoms with Crippen LogP contribution in [0.5, 0.6) is 0 Å². The maximum Gasteiger partial charge on any atom is 0.449 e. The van der Waals surface area contributed by atoms with Gasteiger partial charge in [0.05, 0.1) is 12.1 Å². The Labute approximate surface area is 166 Å². The second-order valence-corrected chi connectivity index (χ2v) is 6.55. The number of hydrogen-bond acceptors (Lipinski definition) is 5. The molecule has 1 N–H and O–H groups in total. The van der Waals surface area contributed by atoms with Gasteiger partial charge in [0, 0.05) is 18.5 Å². The normalized spacial score (nSPS) is 14.8. The predicted molar refractivity (Wildman–Crippen MR) is 104 cm³/mol. The fourth-order valence-corrected chi connectivity index (χ4v) is 3.23. The van der Waals surface area contributed by atoms with Gasteiger partial charge in [-0.1, -0.05) is 12.1 Å². The van der Waals surface area contributed by atoms with Crippen LogP contribution in [0.4, 0.5) is 24.9 Å². The van der Waals surface area contributed by atoms with Gasteiger partial charge in [-0.2, -0.15) is 18.2 Å². The lowest BCUT2D eigenvalue weighted by atomic mass is 10.1. The first kappa shape index (κ1) is 20.3. The first-order valence-corrected chi connectivity index (χ1v) is 8.92. The minimum atomic E-state index is -4.48. The summed E-state index contributed by atoms with van der Waals surface area (Å²) in [6.45, 7) is 1.92. The molecule has 1 aliphatic heterocycles. The summed E-state index contributed by atoms with van der Waals surface area (Å²) >= 11 is 0. The van der Waals surface area contributed by atoms with Crippen LogP contribution in [0, 0.1) is 0 Å². The lowest BCUT2D eigenvalue weighted by Crippen LogP contribution is -2.31. The van der Waals surface area contributed by atoms with E-state index in [0.29, 0.717) is 11.8 Å². The van der Waals surface area contributed by atoms with Gasteiger partial charge in [-0.15, -0.1) is 12.4 Å². The number of nitrogens with one attached hydrogen (secondary N) is 1. The molecule has 4 rings (SSSR count). The van der Waals surface area contributed by atoms with E-state index in [9.17, 15) is 13.2 Å². The molecular formula is C19H20ClF3N4O. The van der Waals surface area contributed by atoms with Crippen LogP contribution >= 0.6 is 12.4 Å². The van der Waals surface area contributed by atoms with Crippen LogP contribution in [0.15, 0.2) is 40.8 Å². The van der Waals surface area contributed by atoms with Gasteiger partial charge in [0.1, 0.15) is 11.6 Å². The largest absolute Gasteiger partial charge is 0.455 e. The van der Waals surface area contributed by atoms with E-state index in [0.717, 1.165) is 42.9 Å². The molecule has 0 atom stereocenters. The van der Waals surface area contributed by atoms with Crippen LogP contribution in [-0.2, 0) is 12.7 Å². The van der Waals surface area contributed by atoms with E-state index >= 15 is 0 Å². The van der Waals surface area contributed by atoms with E-state index in [-0.39, 0.29) is 24.7 Å². The minimum Gasteiger partial charge on any atom is -0.455 e. The molecule has 1 fully saturated rings. The average molecular weight is 413 g/mol. The maximum atomic E-state index is 12.7. The third-order valence-electron chi connectivity index (χ3n) is 4.60. The van der Waals surface area contributed by atoms with Gasteiger partial charge in [-0.3, -0.25) is 0 Å². The molecule has 0 saturated carbocycles. The van der Waals surface area contributed by atoms with Gasteiger partial charge >= 0.3 is 6.18 Å². The third kappa shape index (κ3) is 4.32. The number of halogens is 4. The fourth-order valence-electron chi connectivity index (χ4n) is 3.23. The molecule has 0 unspecified atom stereocenters. The zero-order valence-corrected chi connectivity index (χ0v) is 15.8. The Balaban J connectivity index is 0.00000225. The molecule has 28 heavy (non-hydrogen) atoms. The zero-order valence-electron chi connectivity index (χ0n) is 15.0. The lowest BCUT2D eigenvalue weighted by Gasteiger charge is -2.27. The third-order valence-corrected chi connectivity index (χ3v) is 4.60. The highest BCUT2D eigenvalue weighted by Gasteiger charge is 2.34. The summed E-state index contributed by atoms with van der Waals surface area (Å²) in [5.41, 5.74) is 0.797. The molecule has 150 valence electrons. The summed E-state index contributed by atoms with van der Waals surface area (Å²) in [6.07, 6.45) is -1.08. The predicted octanol–water partition coefficient (Wildman–Crippen LogP) is 5.27. The van der Waals surface area contributed by atoms with Crippen LogP contribution in [0.3, 0.4) is 0 Å². The average Bonchev–Trinajstić information content (AvgIpc) is 3.16. The molecule has 0 radical (unpaired) electrons. The van der Waals surface area contributed by atoms with Gasteiger partial charge < -0.3 is 14.6 Å². The monoisotopic (exact) mass is 412 g/mol. The van der Waals surface area contributed by atoms with Gasteiger partial charge in [0.15, 0.2) is 0 Å². The molecule has 1 aromatic carbocycles. The molecular weight excluding hydrogens is 393 g/mol. The van der Waals surface area contributed by atoms with Crippen molar-refractivity contribution in [1.29, 1.82) is 0 Å². The molecule has 1 aliphatic rings. The maximum absolute atomic E-state index is 12.7. The Bertz CT molecular complexity index is 938. The summed E-state index contributed by atoms with van der Waals surface area (Å²) in [5.74, 6) is 0.433. The van der Waals surface area contributed by atoms with Crippen molar-refractivity contribution >= 4 is 35.1 Å². The molecule has 1 saturated heterocycles. The minimum absolute atomic E-state index is 0. The zero-order chi connectivity index (χ0) is 18.9. The summed E-state index contributed by atoms with van der Waals surface area (Å²) in [4.78, 5) is 11.4. The number of para-hydroxylation sites is 1. The number of piperidine rings is 1. The lowest BCUT2D eigenvalue weighted by molar-refractivity contribution is -0.153. The smallest absolute Gasteiger partial charge is 0.449 e. The van der Waals surface area contributed by atoms with E-state index in [2.05, 4.69) is 20.2 Å². The number of nitrogens with zero attached hydrogens (tertiary/aromatic N) is 3. The Kier molecular flexibility index (Phi) is 5.98.